The summed E-state index contributed by atoms with van der Waals surface area (Å²) in [6.45, 7) is 13.0. The van der Waals surface area contributed by atoms with Gasteiger partial charge >= 0.3 is 0 Å². The van der Waals surface area contributed by atoms with Crippen molar-refractivity contribution in [3.8, 4) is 0 Å². The molecular weight excluding hydrogens is 200 g/mol. The van der Waals surface area contributed by atoms with Crippen molar-refractivity contribution in [3.05, 3.63) is 12.7 Å². The average Bonchev–Trinajstić information content (AvgIpc) is 2.11. The van der Waals surface area contributed by atoms with Crippen LogP contribution in [0.15, 0.2) is 12.7 Å². The van der Waals surface area contributed by atoms with Crippen LogP contribution in [0, 0.1) is 0 Å². The standard InChI is InChI=1S/C13H28OSi/c1-6-8-9-10-11-12(14)13(7-2)15(3,4)5/h7,12-14H,2,6,8-11H2,1,3-5H3/t12-,13+/m1/s1. The van der Waals surface area contributed by atoms with E-state index in [0.29, 0.717) is 5.54 Å². The monoisotopic (exact) mass is 228 g/mol. The molecule has 0 heterocycles. The smallest absolute Gasteiger partial charge is 0.0578 e. The molecule has 0 bridgehead atoms. The third-order valence-electron chi connectivity index (χ3n) is 3.02. The van der Waals surface area contributed by atoms with Gasteiger partial charge < -0.3 is 5.11 Å². The summed E-state index contributed by atoms with van der Waals surface area (Å²) in [6.07, 6.45) is 7.71. The van der Waals surface area contributed by atoms with E-state index in [2.05, 4.69) is 33.1 Å². The number of aliphatic hydroxyl groups excluding tert-OH is 1. The summed E-state index contributed by atoms with van der Waals surface area (Å²) < 4.78 is 0. The minimum atomic E-state index is -1.29. The van der Waals surface area contributed by atoms with Crippen LogP contribution in [-0.2, 0) is 0 Å². The second-order valence-corrected chi connectivity index (χ2v) is 10.9. The number of hydrogen-bond donors (Lipinski definition) is 1. The molecule has 0 aromatic heterocycles. The summed E-state index contributed by atoms with van der Waals surface area (Å²) in [5.74, 6) is 0. The molecule has 1 N–H and O–H groups in total. The van der Waals surface area contributed by atoms with Crippen LogP contribution in [0.25, 0.3) is 0 Å². The first-order chi connectivity index (χ1) is 6.93. The highest BCUT2D eigenvalue weighted by molar-refractivity contribution is 6.78. The SMILES string of the molecule is C=C[C@@H]([C@H](O)CCCCCC)[Si](C)(C)C. The van der Waals surface area contributed by atoms with E-state index in [0.717, 1.165) is 12.8 Å². The van der Waals surface area contributed by atoms with Crippen LogP contribution in [0.3, 0.4) is 0 Å². The van der Waals surface area contributed by atoms with Crippen LogP contribution in [0.2, 0.25) is 25.2 Å². The largest absolute Gasteiger partial charge is 0.393 e. The Kier molecular flexibility index (Phi) is 7.19. The zero-order valence-electron chi connectivity index (χ0n) is 10.9. The molecule has 0 unspecified atom stereocenters. The molecule has 1 nitrogen and oxygen atoms in total. The van der Waals surface area contributed by atoms with E-state index in [9.17, 15) is 5.11 Å². The van der Waals surface area contributed by atoms with Gasteiger partial charge in [-0.15, -0.1) is 6.58 Å². The number of hydrogen-bond acceptors (Lipinski definition) is 1. The lowest BCUT2D eigenvalue weighted by Gasteiger charge is -2.30. The van der Waals surface area contributed by atoms with Gasteiger partial charge in [-0.2, -0.15) is 0 Å². The molecule has 0 rings (SSSR count). The van der Waals surface area contributed by atoms with E-state index >= 15 is 0 Å². The number of aliphatic hydroxyl groups is 1. The van der Waals surface area contributed by atoms with Crippen molar-refractivity contribution in [3.63, 3.8) is 0 Å². The molecule has 0 saturated carbocycles. The fourth-order valence-electron chi connectivity index (χ4n) is 2.05. The maximum Gasteiger partial charge on any atom is 0.0578 e. The first-order valence-electron chi connectivity index (χ1n) is 6.24. The highest BCUT2D eigenvalue weighted by Crippen LogP contribution is 2.29. The molecule has 0 aromatic carbocycles. The molecule has 0 aliphatic carbocycles. The molecule has 2 atom stereocenters. The normalized spacial score (nSPS) is 16.1. The van der Waals surface area contributed by atoms with Gasteiger partial charge in [-0.25, -0.2) is 0 Å². The van der Waals surface area contributed by atoms with Crippen LogP contribution >= 0.6 is 0 Å². The minimum absolute atomic E-state index is 0.161. The van der Waals surface area contributed by atoms with Crippen LogP contribution in [-0.4, -0.2) is 19.3 Å². The molecule has 0 aromatic rings. The lowest BCUT2D eigenvalue weighted by Crippen LogP contribution is -2.35. The molecule has 0 fully saturated rings. The van der Waals surface area contributed by atoms with E-state index in [-0.39, 0.29) is 6.10 Å². The van der Waals surface area contributed by atoms with Crippen molar-refractivity contribution in [2.45, 2.75) is 70.3 Å². The fraction of sp³-hybridized carbons (Fsp3) is 0.846. The summed E-state index contributed by atoms with van der Waals surface area (Å²) in [5, 5.41) is 10.1. The van der Waals surface area contributed by atoms with Gasteiger partial charge in [0.15, 0.2) is 0 Å². The van der Waals surface area contributed by atoms with Crippen LogP contribution in [0.5, 0.6) is 0 Å². The highest BCUT2D eigenvalue weighted by Gasteiger charge is 2.29. The van der Waals surface area contributed by atoms with Gasteiger partial charge in [0.05, 0.1) is 14.2 Å². The van der Waals surface area contributed by atoms with Gasteiger partial charge in [0.2, 0.25) is 0 Å². The third-order valence-corrected chi connectivity index (χ3v) is 5.64. The van der Waals surface area contributed by atoms with Crippen molar-refractivity contribution in [1.82, 2.24) is 0 Å². The predicted octanol–water partition coefficient (Wildman–Crippen LogP) is 4.21. The molecule has 15 heavy (non-hydrogen) atoms. The number of rotatable bonds is 8. The molecule has 90 valence electrons. The van der Waals surface area contributed by atoms with Crippen molar-refractivity contribution < 1.29 is 5.11 Å². The Hall–Kier alpha value is -0.0831. The second kappa shape index (κ2) is 7.23. The second-order valence-electron chi connectivity index (χ2n) is 5.54. The Morgan fingerprint density at radius 1 is 1.20 bits per heavy atom. The Labute approximate surface area is 96.6 Å². The summed E-state index contributed by atoms with van der Waals surface area (Å²) in [6, 6.07) is 0. The van der Waals surface area contributed by atoms with Crippen LogP contribution in [0.1, 0.15) is 39.0 Å². The maximum absolute atomic E-state index is 10.1. The molecule has 2 heteroatoms. The van der Waals surface area contributed by atoms with E-state index in [4.69, 9.17) is 0 Å². The molecule has 0 amide bonds. The zero-order chi connectivity index (χ0) is 11.9. The van der Waals surface area contributed by atoms with Gasteiger partial charge in [0, 0.05) is 0 Å². The maximum atomic E-state index is 10.1. The molecular formula is C13H28OSi. The topological polar surface area (TPSA) is 20.2 Å². The molecule has 0 radical (unpaired) electrons. The van der Waals surface area contributed by atoms with E-state index in [1.807, 2.05) is 6.08 Å². The lowest BCUT2D eigenvalue weighted by atomic mass is 10.1. The molecule has 0 saturated heterocycles. The predicted molar refractivity (Wildman–Crippen MR) is 72.1 cm³/mol. The van der Waals surface area contributed by atoms with E-state index in [1.54, 1.807) is 0 Å². The van der Waals surface area contributed by atoms with Gasteiger partial charge in [0.1, 0.15) is 0 Å². The van der Waals surface area contributed by atoms with Crippen molar-refractivity contribution >= 4 is 8.07 Å². The van der Waals surface area contributed by atoms with Gasteiger partial charge in [-0.05, 0) is 12.0 Å². The van der Waals surface area contributed by atoms with E-state index < -0.39 is 8.07 Å². The Morgan fingerprint density at radius 2 is 1.80 bits per heavy atom. The summed E-state index contributed by atoms with van der Waals surface area (Å²) >= 11 is 0. The summed E-state index contributed by atoms with van der Waals surface area (Å²) in [5.41, 5.74) is 0.346. The van der Waals surface area contributed by atoms with E-state index in [1.165, 1.54) is 19.3 Å². The Morgan fingerprint density at radius 3 is 2.20 bits per heavy atom. The van der Waals surface area contributed by atoms with Gasteiger partial charge in [-0.3, -0.25) is 0 Å². The fourth-order valence-corrected chi connectivity index (χ4v) is 4.08. The van der Waals surface area contributed by atoms with Crippen LogP contribution in [0.4, 0.5) is 0 Å². The number of unbranched alkanes of at least 4 members (excludes halogenated alkanes) is 3. The zero-order valence-corrected chi connectivity index (χ0v) is 11.9. The lowest BCUT2D eigenvalue weighted by molar-refractivity contribution is 0.161. The minimum Gasteiger partial charge on any atom is -0.393 e. The van der Waals surface area contributed by atoms with Crippen molar-refractivity contribution in [2.75, 3.05) is 0 Å². The van der Waals surface area contributed by atoms with Crippen molar-refractivity contribution in [2.24, 2.45) is 0 Å². The highest BCUT2D eigenvalue weighted by atomic mass is 28.3. The molecule has 0 aliphatic heterocycles. The Balaban J connectivity index is 3.95. The van der Waals surface area contributed by atoms with Gasteiger partial charge in [0.25, 0.3) is 0 Å². The summed E-state index contributed by atoms with van der Waals surface area (Å²) in [7, 11) is -1.29. The average molecular weight is 228 g/mol. The quantitative estimate of drug-likeness (QED) is 0.375. The molecule has 0 aliphatic rings. The van der Waals surface area contributed by atoms with Crippen LogP contribution < -0.4 is 0 Å². The van der Waals surface area contributed by atoms with Crippen molar-refractivity contribution in [1.29, 1.82) is 0 Å². The Bertz CT molecular complexity index is 172. The summed E-state index contributed by atoms with van der Waals surface area (Å²) in [4.78, 5) is 0. The third kappa shape index (κ3) is 6.16. The first kappa shape index (κ1) is 14.9. The van der Waals surface area contributed by atoms with Gasteiger partial charge in [-0.1, -0.05) is 58.3 Å². The first-order valence-corrected chi connectivity index (χ1v) is 9.81. The molecule has 0 spiro atoms.